The van der Waals surface area contributed by atoms with Crippen LogP contribution < -0.4 is 15.3 Å². The van der Waals surface area contributed by atoms with Gasteiger partial charge in [0, 0.05) is 12.1 Å². The fourth-order valence-corrected chi connectivity index (χ4v) is 2.64. The molecule has 0 saturated carbocycles. The molecule has 0 unspecified atom stereocenters. The Morgan fingerprint density at radius 1 is 1.10 bits per heavy atom. The number of nitrogens with zero attached hydrogens (tertiary/aromatic N) is 2. The van der Waals surface area contributed by atoms with Gasteiger partial charge in [-0.3, -0.25) is 9.84 Å². The highest BCUT2D eigenvalue weighted by Gasteiger charge is 2.30. The first-order chi connectivity index (χ1) is 13.8. The number of benzene rings is 2. The van der Waals surface area contributed by atoms with Gasteiger partial charge in [0.15, 0.2) is 6.67 Å². The van der Waals surface area contributed by atoms with Gasteiger partial charge in [0.1, 0.15) is 0 Å². The van der Waals surface area contributed by atoms with E-state index in [-0.39, 0.29) is 11.6 Å². The summed E-state index contributed by atoms with van der Waals surface area (Å²) >= 11 is 0. The molecule has 29 heavy (non-hydrogen) atoms. The monoisotopic (exact) mass is 409 g/mol. The molecule has 3 aromatic rings. The topological polar surface area (TPSA) is 71.0 Å². The van der Waals surface area contributed by atoms with Crippen LogP contribution >= 0.6 is 0 Å². The molecule has 0 fully saturated rings. The van der Waals surface area contributed by atoms with Crippen molar-refractivity contribution in [2.45, 2.75) is 18.6 Å². The first-order valence-electron chi connectivity index (χ1n) is 8.58. The molecule has 3 rings (SSSR count). The number of carbonyl (C=O) groups is 1. The zero-order chi connectivity index (χ0) is 20.9. The molecule has 6 nitrogen and oxygen atoms in total. The second-order valence-electron chi connectivity index (χ2n) is 6.20. The molecule has 0 aliphatic heterocycles. The van der Waals surface area contributed by atoms with Gasteiger partial charge < -0.3 is 5.32 Å². The van der Waals surface area contributed by atoms with Gasteiger partial charge >= 0.3 is 18.1 Å². The zero-order valence-electron chi connectivity index (χ0n) is 15.0. The van der Waals surface area contributed by atoms with Crippen molar-refractivity contribution in [2.24, 2.45) is 0 Å². The third-order valence-electron chi connectivity index (χ3n) is 4.03. The number of halogens is 4. The van der Waals surface area contributed by atoms with Crippen molar-refractivity contribution in [3.05, 3.63) is 71.9 Å². The van der Waals surface area contributed by atoms with Crippen LogP contribution in [-0.4, -0.2) is 18.0 Å². The highest BCUT2D eigenvalue weighted by molar-refractivity contribution is 5.98. The molecular weight excluding hydrogens is 392 g/mol. The lowest BCUT2D eigenvalue weighted by Crippen LogP contribution is -2.43. The van der Waals surface area contributed by atoms with Crippen LogP contribution in [0.2, 0.25) is 0 Å². The van der Waals surface area contributed by atoms with Crippen molar-refractivity contribution < 1.29 is 31.6 Å². The normalized spacial score (nSPS) is 12.4. The minimum atomic E-state index is -4.52. The second kappa shape index (κ2) is 8.72. The average molecular weight is 409 g/mol. The molecule has 0 aliphatic carbocycles. The molecule has 1 aromatic heterocycles. The standard InChI is InChI=1S/C19H16F4N4O2/c20-11-16(9-13-5-2-1-3-6-13)27-12-17(29-26-27)25-18(28)24-15-8-4-7-14(10-15)19(21,22)23/h1-8,10,12,16H,9,11H2,(H-,24,25,26,28)/p+1/t16-/m0/s1. The molecule has 10 heteroatoms. The van der Waals surface area contributed by atoms with E-state index in [1.807, 2.05) is 30.3 Å². The molecule has 0 aliphatic rings. The molecule has 2 amide bonds. The largest absolute Gasteiger partial charge is 0.416 e. The van der Waals surface area contributed by atoms with E-state index in [2.05, 4.69) is 15.9 Å². The van der Waals surface area contributed by atoms with Gasteiger partial charge in [-0.2, -0.15) is 13.2 Å². The summed E-state index contributed by atoms with van der Waals surface area (Å²) in [6.45, 7) is -0.706. The minimum Gasteiger partial charge on any atom is -0.308 e. The number of hydrogen-bond acceptors (Lipinski definition) is 3. The van der Waals surface area contributed by atoms with E-state index >= 15 is 0 Å². The number of alkyl halides is 4. The molecular formula is C19H17F4N4O2+. The summed E-state index contributed by atoms with van der Waals surface area (Å²) in [5.74, 6) is -0.0824. The van der Waals surface area contributed by atoms with Crippen LogP contribution in [0.5, 0.6) is 0 Å². The van der Waals surface area contributed by atoms with Crippen LogP contribution in [0.4, 0.5) is 33.9 Å². The number of aromatic nitrogens is 2. The minimum absolute atomic E-state index is 0.0459. The summed E-state index contributed by atoms with van der Waals surface area (Å²) in [4.78, 5) is 12.0. The van der Waals surface area contributed by atoms with Gasteiger partial charge in [0.05, 0.1) is 5.56 Å². The Hall–Kier alpha value is -3.43. The van der Waals surface area contributed by atoms with Crippen molar-refractivity contribution in [3.63, 3.8) is 0 Å². The third kappa shape index (κ3) is 5.53. The highest BCUT2D eigenvalue weighted by Crippen LogP contribution is 2.30. The maximum absolute atomic E-state index is 13.4. The number of nitrogens with one attached hydrogen (secondary N) is 2. The summed E-state index contributed by atoms with van der Waals surface area (Å²) in [6, 6.07) is 12.0. The number of carbonyl (C=O) groups excluding carboxylic acids is 1. The summed E-state index contributed by atoms with van der Waals surface area (Å²) < 4.78 is 57.8. The Balaban J connectivity index is 1.63. The van der Waals surface area contributed by atoms with E-state index in [4.69, 9.17) is 4.52 Å². The maximum atomic E-state index is 13.4. The van der Waals surface area contributed by atoms with E-state index < -0.39 is 30.5 Å². The lowest BCUT2D eigenvalue weighted by Gasteiger charge is -2.09. The van der Waals surface area contributed by atoms with Crippen LogP contribution in [0.25, 0.3) is 0 Å². The van der Waals surface area contributed by atoms with E-state index in [0.29, 0.717) is 6.42 Å². The van der Waals surface area contributed by atoms with Gasteiger partial charge in [-0.1, -0.05) is 36.4 Å². The van der Waals surface area contributed by atoms with E-state index in [0.717, 1.165) is 17.7 Å². The number of hydrogen-bond donors (Lipinski definition) is 2. The van der Waals surface area contributed by atoms with Crippen molar-refractivity contribution in [3.8, 4) is 0 Å². The van der Waals surface area contributed by atoms with Crippen molar-refractivity contribution in [1.29, 1.82) is 0 Å². The van der Waals surface area contributed by atoms with Gasteiger partial charge in [-0.05, 0) is 28.4 Å². The van der Waals surface area contributed by atoms with Gasteiger partial charge in [-0.25, -0.2) is 9.18 Å². The number of urea groups is 1. The number of amides is 2. The van der Waals surface area contributed by atoms with Crippen molar-refractivity contribution in [2.75, 3.05) is 17.3 Å². The second-order valence-corrected chi connectivity index (χ2v) is 6.20. The van der Waals surface area contributed by atoms with E-state index in [1.54, 1.807) is 0 Å². The predicted octanol–water partition coefficient (Wildman–Crippen LogP) is 4.38. The maximum Gasteiger partial charge on any atom is 0.416 e. The number of anilines is 2. The molecule has 2 aromatic carbocycles. The zero-order valence-corrected chi connectivity index (χ0v) is 15.0. The molecule has 0 saturated heterocycles. The van der Waals surface area contributed by atoms with E-state index in [9.17, 15) is 22.4 Å². The fraction of sp³-hybridized carbons (Fsp3) is 0.211. The molecule has 152 valence electrons. The molecule has 0 bridgehead atoms. The highest BCUT2D eigenvalue weighted by atomic mass is 19.4. The van der Waals surface area contributed by atoms with Crippen LogP contribution in [-0.2, 0) is 12.6 Å². The van der Waals surface area contributed by atoms with Gasteiger partial charge in [0.2, 0.25) is 11.3 Å². The lowest BCUT2D eigenvalue weighted by molar-refractivity contribution is -0.785. The molecule has 0 spiro atoms. The van der Waals surface area contributed by atoms with Crippen LogP contribution in [0.3, 0.4) is 0 Å². The Morgan fingerprint density at radius 3 is 2.55 bits per heavy atom. The Bertz CT molecular complexity index is 960. The molecule has 2 N–H and O–H groups in total. The quantitative estimate of drug-likeness (QED) is 0.469. The van der Waals surface area contributed by atoms with Crippen LogP contribution in [0, 0.1) is 0 Å². The third-order valence-corrected chi connectivity index (χ3v) is 4.03. The van der Waals surface area contributed by atoms with Crippen molar-refractivity contribution >= 4 is 17.6 Å². The van der Waals surface area contributed by atoms with Crippen LogP contribution in [0.1, 0.15) is 17.2 Å². The smallest absolute Gasteiger partial charge is 0.308 e. The Morgan fingerprint density at radius 2 is 1.86 bits per heavy atom. The summed E-state index contributed by atoms with van der Waals surface area (Å²) in [5, 5.41) is 8.28. The lowest BCUT2D eigenvalue weighted by atomic mass is 10.1. The molecule has 0 radical (unpaired) electrons. The van der Waals surface area contributed by atoms with Crippen LogP contribution in [0.15, 0.2) is 65.3 Å². The van der Waals surface area contributed by atoms with E-state index in [1.165, 1.54) is 23.0 Å². The van der Waals surface area contributed by atoms with Gasteiger partial charge in [0.25, 0.3) is 6.20 Å². The Kier molecular flexibility index (Phi) is 6.10. The van der Waals surface area contributed by atoms with Gasteiger partial charge in [-0.15, -0.1) is 0 Å². The molecule has 1 heterocycles. The first-order valence-corrected chi connectivity index (χ1v) is 8.58. The number of rotatable bonds is 6. The van der Waals surface area contributed by atoms with Crippen molar-refractivity contribution in [1.82, 2.24) is 5.27 Å². The summed E-state index contributed by atoms with van der Waals surface area (Å²) in [6.07, 6.45) is -2.85. The average Bonchev–Trinajstić information content (AvgIpc) is 3.14. The predicted molar refractivity (Wildman–Crippen MR) is 95.9 cm³/mol. The molecule has 1 atom stereocenters. The first kappa shape index (κ1) is 20.3. The fourth-order valence-electron chi connectivity index (χ4n) is 2.64. The summed E-state index contributed by atoms with van der Waals surface area (Å²) in [5.41, 5.74) is -0.0302. The Labute approximate surface area is 163 Å². The summed E-state index contributed by atoms with van der Waals surface area (Å²) in [7, 11) is 0. The SMILES string of the molecule is O=C(Nc1cccc(C(F)(F)F)c1)Nc1c[n+]([C@H](CF)Cc2ccccc2)no1.